The number of nitrogens with zero attached hydrogens (tertiary/aromatic N) is 2. The molecule has 100 valence electrons. The zero-order valence-corrected chi connectivity index (χ0v) is 11.7. The molecular formula is C14H17N3OS. The molecule has 0 amide bonds. The second kappa shape index (κ2) is 5.67. The lowest BCUT2D eigenvalue weighted by Gasteiger charge is -2.24. The minimum atomic E-state index is 0.125. The van der Waals surface area contributed by atoms with Crippen LogP contribution in [0.5, 0.6) is 5.19 Å². The zero-order valence-electron chi connectivity index (χ0n) is 10.9. The predicted octanol–water partition coefficient (Wildman–Crippen LogP) is 2.71. The first-order valence-electron chi connectivity index (χ1n) is 6.58. The molecule has 2 aromatic rings. The second-order valence-electron chi connectivity index (χ2n) is 4.69. The Kier molecular flexibility index (Phi) is 3.75. The lowest BCUT2D eigenvalue weighted by molar-refractivity contribution is 0.181. The molecule has 0 bridgehead atoms. The first-order valence-corrected chi connectivity index (χ1v) is 7.40. The normalized spacial score (nSPS) is 18.1. The van der Waals surface area contributed by atoms with E-state index in [0.717, 1.165) is 24.4 Å². The Morgan fingerprint density at radius 2 is 2.26 bits per heavy atom. The zero-order chi connectivity index (χ0) is 13.1. The van der Waals surface area contributed by atoms with Crippen molar-refractivity contribution in [3.63, 3.8) is 0 Å². The van der Waals surface area contributed by atoms with Crippen LogP contribution >= 0.6 is 11.3 Å². The quantitative estimate of drug-likeness (QED) is 0.932. The number of fused-ring (bicyclic) bond motifs is 1. The fourth-order valence-electron chi connectivity index (χ4n) is 2.46. The van der Waals surface area contributed by atoms with Gasteiger partial charge in [0, 0.05) is 6.54 Å². The Morgan fingerprint density at radius 3 is 3.16 bits per heavy atom. The van der Waals surface area contributed by atoms with Crippen LogP contribution < -0.4 is 10.1 Å². The highest BCUT2D eigenvalue weighted by atomic mass is 32.1. The molecule has 0 radical (unpaired) electrons. The summed E-state index contributed by atoms with van der Waals surface area (Å²) in [6, 6.07) is 8.52. The Morgan fingerprint density at radius 1 is 1.37 bits per heavy atom. The van der Waals surface area contributed by atoms with Gasteiger partial charge in [-0.1, -0.05) is 40.7 Å². The lowest BCUT2D eigenvalue weighted by atomic mass is 9.89. The van der Waals surface area contributed by atoms with E-state index in [1.807, 2.05) is 7.05 Å². The Labute approximate surface area is 116 Å². The SMILES string of the molecule is CNCc1nnc(OC2CCCc3ccccc32)s1. The summed E-state index contributed by atoms with van der Waals surface area (Å²) in [5.41, 5.74) is 2.71. The van der Waals surface area contributed by atoms with Crippen molar-refractivity contribution < 1.29 is 4.74 Å². The highest BCUT2D eigenvalue weighted by molar-refractivity contribution is 7.13. The molecule has 3 rings (SSSR count). The van der Waals surface area contributed by atoms with Gasteiger partial charge in [-0.25, -0.2) is 0 Å². The van der Waals surface area contributed by atoms with Crippen LogP contribution in [0, 0.1) is 0 Å². The predicted molar refractivity (Wildman–Crippen MR) is 75.4 cm³/mol. The molecule has 4 nitrogen and oxygen atoms in total. The van der Waals surface area contributed by atoms with Crippen molar-refractivity contribution in [1.29, 1.82) is 0 Å². The molecule has 1 atom stereocenters. The number of benzene rings is 1. The van der Waals surface area contributed by atoms with E-state index in [-0.39, 0.29) is 6.10 Å². The van der Waals surface area contributed by atoms with E-state index in [4.69, 9.17) is 4.74 Å². The summed E-state index contributed by atoms with van der Waals surface area (Å²) >= 11 is 1.52. The molecule has 1 aliphatic rings. The largest absolute Gasteiger partial charge is 0.461 e. The van der Waals surface area contributed by atoms with E-state index in [9.17, 15) is 0 Å². The number of aryl methyl sites for hydroxylation is 1. The fraction of sp³-hybridized carbons (Fsp3) is 0.429. The van der Waals surface area contributed by atoms with E-state index >= 15 is 0 Å². The molecule has 0 saturated heterocycles. The molecule has 0 aliphatic heterocycles. The Hall–Kier alpha value is -1.46. The highest BCUT2D eigenvalue weighted by Crippen LogP contribution is 2.34. The second-order valence-corrected chi connectivity index (χ2v) is 5.71. The van der Waals surface area contributed by atoms with Crippen molar-refractivity contribution >= 4 is 11.3 Å². The monoisotopic (exact) mass is 275 g/mol. The van der Waals surface area contributed by atoms with Gasteiger partial charge < -0.3 is 10.1 Å². The third-order valence-corrected chi connectivity index (χ3v) is 4.15. The smallest absolute Gasteiger partial charge is 0.294 e. The number of aromatic nitrogens is 2. The Bertz CT molecular complexity index is 555. The summed E-state index contributed by atoms with van der Waals surface area (Å²) < 4.78 is 6.03. The number of ether oxygens (including phenoxy) is 1. The summed E-state index contributed by atoms with van der Waals surface area (Å²) in [7, 11) is 1.90. The number of rotatable bonds is 4. The summed E-state index contributed by atoms with van der Waals surface area (Å²) in [4.78, 5) is 0. The van der Waals surface area contributed by atoms with Crippen molar-refractivity contribution in [3.05, 3.63) is 40.4 Å². The van der Waals surface area contributed by atoms with Gasteiger partial charge in [0.25, 0.3) is 5.19 Å². The molecule has 1 aromatic heterocycles. The van der Waals surface area contributed by atoms with Gasteiger partial charge in [0.2, 0.25) is 0 Å². The minimum Gasteiger partial charge on any atom is -0.461 e. The number of hydrogen-bond acceptors (Lipinski definition) is 5. The van der Waals surface area contributed by atoms with Crippen molar-refractivity contribution in [2.75, 3.05) is 7.05 Å². The van der Waals surface area contributed by atoms with Crippen LogP contribution in [0.4, 0.5) is 0 Å². The fourth-order valence-corrected chi connectivity index (χ4v) is 3.21. The summed E-state index contributed by atoms with van der Waals surface area (Å²) in [6.45, 7) is 0.738. The van der Waals surface area contributed by atoms with Gasteiger partial charge in [0.1, 0.15) is 11.1 Å². The maximum atomic E-state index is 6.03. The molecule has 1 aliphatic carbocycles. The maximum absolute atomic E-state index is 6.03. The molecule has 19 heavy (non-hydrogen) atoms. The molecule has 5 heteroatoms. The van der Waals surface area contributed by atoms with Crippen molar-refractivity contribution in [2.24, 2.45) is 0 Å². The van der Waals surface area contributed by atoms with E-state index in [1.54, 1.807) is 0 Å². The van der Waals surface area contributed by atoms with Gasteiger partial charge >= 0.3 is 0 Å². The highest BCUT2D eigenvalue weighted by Gasteiger charge is 2.22. The molecule has 1 unspecified atom stereocenters. The van der Waals surface area contributed by atoms with Crippen LogP contribution in [0.25, 0.3) is 0 Å². The number of hydrogen-bond donors (Lipinski definition) is 1. The topological polar surface area (TPSA) is 47.0 Å². The molecular weight excluding hydrogens is 258 g/mol. The van der Waals surface area contributed by atoms with Gasteiger partial charge in [-0.3, -0.25) is 0 Å². The van der Waals surface area contributed by atoms with Crippen LogP contribution in [0.15, 0.2) is 24.3 Å². The third kappa shape index (κ3) is 2.77. The molecule has 0 saturated carbocycles. The van der Waals surface area contributed by atoms with Gasteiger partial charge in [0.15, 0.2) is 0 Å². The molecule has 1 aromatic carbocycles. The summed E-state index contributed by atoms with van der Waals surface area (Å²) in [5.74, 6) is 0. The molecule has 1 N–H and O–H groups in total. The van der Waals surface area contributed by atoms with Gasteiger partial charge in [0.05, 0.1) is 0 Å². The van der Waals surface area contributed by atoms with E-state index < -0.39 is 0 Å². The van der Waals surface area contributed by atoms with E-state index in [1.165, 1.54) is 28.9 Å². The Balaban J connectivity index is 1.76. The van der Waals surface area contributed by atoms with Crippen LogP contribution in [0.2, 0.25) is 0 Å². The van der Waals surface area contributed by atoms with Crippen LogP contribution in [-0.4, -0.2) is 17.2 Å². The lowest BCUT2D eigenvalue weighted by Crippen LogP contribution is -2.15. The molecule has 0 fully saturated rings. The standard InChI is InChI=1S/C14H17N3OS/c1-15-9-13-16-17-14(19-13)18-12-8-4-6-10-5-2-3-7-11(10)12/h2-3,5,7,12,15H,4,6,8-9H2,1H3. The average molecular weight is 275 g/mol. The maximum Gasteiger partial charge on any atom is 0.294 e. The van der Waals surface area contributed by atoms with Crippen molar-refractivity contribution in [1.82, 2.24) is 15.5 Å². The van der Waals surface area contributed by atoms with Crippen LogP contribution in [0.3, 0.4) is 0 Å². The van der Waals surface area contributed by atoms with Crippen LogP contribution in [0.1, 0.15) is 35.1 Å². The summed E-state index contributed by atoms with van der Waals surface area (Å²) in [5, 5.41) is 12.9. The molecule has 1 heterocycles. The third-order valence-electron chi connectivity index (χ3n) is 3.33. The van der Waals surface area contributed by atoms with Gasteiger partial charge in [-0.2, -0.15) is 0 Å². The molecule has 0 spiro atoms. The van der Waals surface area contributed by atoms with Gasteiger partial charge in [-0.15, -0.1) is 5.10 Å². The minimum absolute atomic E-state index is 0.125. The van der Waals surface area contributed by atoms with Gasteiger partial charge in [-0.05, 0) is 37.4 Å². The van der Waals surface area contributed by atoms with E-state index in [0.29, 0.717) is 5.19 Å². The van der Waals surface area contributed by atoms with Crippen molar-refractivity contribution in [2.45, 2.75) is 31.9 Å². The van der Waals surface area contributed by atoms with Crippen LogP contribution in [-0.2, 0) is 13.0 Å². The first-order chi connectivity index (χ1) is 9.36. The number of nitrogens with one attached hydrogen (secondary N) is 1. The summed E-state index contributed by atoms with van der Waals surface area (Å²) in [6.07, 6.45) is 3.50. The first kappa shape index (κ1) is 12.6. The average Bonchev–Trinajstić information content (AvgIpc) is 2.87. The van der Waals surface area contributed by atoms with E-state index in [2.05, 4.69) is 39.8 Å². The van der Waals surface area contributed by atoms with Crippen molar-refractivity contribution in [3.8, 4) is 5.19 Å².